The van der Waals surface area contributed by atoms with E-state index >= 15 is 0 Å². The minimum Gasteiger partial charge on any atom is -0.200 e. The van der Waals surface area contributed by atoms with E-state index in [4.69, 9.17) is 0 Å². The molecule has 268 valence electrons. The number of sulfonamides is 4. The molecule has 0 heterocycles. The lowest BCUT2D eigenvalue weighted by molar-refractivity contribution is 0.467. The second-order valence-corrected chi connectivity index (χ2v) is 20.8. The van der Waals surface area contributed by atoms with Gasteiger partial charge in [0.25, 0.3) is 40.1 Å². The maximum absolute atomic E-state index is 14.2. The zero-order valence-electron chi connectivity index (χ0n) is 28.5. The molecule has 0 aromatic heterocycles. The van der Waals surface area contributed by atoms with Crippen LogP contribution in [-0.2, 0) is 40.1 Å². The molecule has 2 aliphatic rings. The van der Waals surface area contributed by atoms with Gasteiger partial charge in [-0.05, 0) is 102 Å². The van der Waals surface area contributed by atoms with Gasteiger partial charge in [0.2, 0.25) is 0 Å². The molecule has 4 aromatic rings. The Kier molecular flexibility index (Phi) is 9.36. The van der Waals surface area contributed by atoms with Gasteiger partial charge in [0.1, 0.15) is 0 Å². The maximum atomic E-state index is 14.2. The highest BCUT2D eigenvalue weighted by atomic mass is 32.3. The van der Waals surface area contributed by atoms with Gasteiger partial charge in [-0.3, -0.25) is 0 Å². The largest absolute Gasteiger partial charge is 0.277 e. The monoisotopic (exact) mass is 766 g/mol. The third-order valence-corrected chi connectivity index (χ3v) is 17.7. The van der Waals surface area contributed by atoms with Gasteiger partial charge in [-0.1, -0.05) is 82.9 Å². The van der Waals surface area contributed by atoms with Gasteiger partial charge in [0.05, 0.1) is 19.6 Å². The molecule has 0 aliphatic heterocycles. The summed E-state index contributed by atoms with van der Waals surface area (Å²) in [6.07, 6.45) is 3.53. The van der Waals surface area contributed by atoms with Crippen LogP contribution < -0.4 is 0 Å². The summed E-state index contributed by atoms with van der Waals surface area (Å²) in [6, 6.07) is 23.5. The van der Waals surface area contributed by atoms with Crippen molar-refractivity contribution in [1.82, 2.24) is 7.42 Å². The molecule has 51 heavy (non-hydrogen) atoms. The summed E-state index contributed by atoms with van der Waals surface area (Å²) in [5, 5.41) is 0. The summed E-state index contributed by atoms with van der Waals surface area (Å²) < 4.78 is 115. The molecule has 14 heteroatoms. The molecular formula is C37H38N2O8S4. The standard InChI is InChI=1S/C37H38N2O8S4/c1-27-5-13-33(14-6-27)48(40,41)38(49(42,43)34-15-7-28(2)8-16-34)31-21-23-37(25-31)24-22-32(26-37)39(50(44,45)35-17-9-29(3)10-18-35)51(46,47)36-19-11-30(4)12-20-36/h5-20,25-26H,21-24H2,1-4H3. The van der Waals surface area contributed by atoms with Crippen LogP contribution in [0, 0.1) is 33.1 Å². The van der Waals surface area contributed by atoms with Gasteiger partial charge in [0.15, 0.2) is 0 Å². The highest BCUT2D eigenvalue weighted by molar-refractivity contribution is 8.04. The number of allylic oxidation sites excluding steroid dienone is 4. The number of aryl methyl sites for hydroxylation is 4. The van der Waals surface area contributed by atoms with Gasteiger partial charge in [-0.25, -0.2) is 33.7 Å². The molecule has 0 atom stereocenters. The third-order valence-electron chi connectivity index (χ3n) is 9.22. The van der Waals surface area contributed by atoms with Gasteiger partial charge in [0, 0.05) is 16.8 Å². The Labute approximate surface area is 301 Å². The predicted octanol–water partition coefficient (Wildman–Crippen LogP) is 6.72. The molecule has 1 spiro atoms. The second kappa shape index (κ2) is 13.1. The van der Waals surface area contributed by atoms with E-state index in [2.05, 4.69) is 0 Å². The first-order valence-corrected chi connectivity index (χ1v) is 21.9. The predicted molar refractivity (Wildman–Crippen MR) is 194 cm³/mol. The van der Waals surface area contributed by atoms with Crippen LogP contribution in [0.5, 0.6) is 0 Å². The molecule has 0 amide bonds. The summed E-state index contributed by atoms with van der Waals surface area (Å²) in [6.45, 7) is 7.13. The van der Waals surface area contributed by atoms with E-state index in [1.807, 2.05) is 0 Å². The number of hydrogen-bond acceptors (Lipinski definition) is 8. The molecule has 10 nitrogen and oxygen atoms in total. The fourth-order valence-electron chi connectivity index (χ4n) is 6.37. The van der Waals surface area contributed by atoms with Crippen LogP contribution in [0.4, 0.5) is 0 Å². The molecule has 0 fully saturated rings. The van der Waals surface area contributed by atoms with Crippen molar-refractivity contribution in [3.05, 3.63) is 143 Å². The lowest BCUT2D eigenvalue weighted by Crippen LogP contribution is -2.36. The van der Waals surface area contributed by atoms with Crippen LogP contribution in [0.25, 0.3) is 0 Å². The number of benzene rings is 4. The van der Waals surface area contributed by atoms with E-state index < -0.39 is 45.5 Å². The molecule has 0 saturated heterocycles. The second-order valence-electron chi connectivity index (χ2n) is 13.2. The first-order valence-electron chi connectivity index (χ1n) is 16.2. The van der Waals surface area contributed by atoms with Crippen molar-refractivity contribution in [2.75, 3.05) is 0 Å². The lowest BCUT2D eigenvalue weighted by Gasteiger charge is -2.25. The maximum Gasteiger partial charge on any atom is 0.277 e. The topological polar surface area (TPSA) is 143 Å². The van der Waals surface area contributed by atoms with Crippen molar-refractivity contribution in [2.24, 2.45) is 5.41 Å². The van der Waals surface area contributed by atoms with Crippen LogP contribution in [0.2, 0.25) is 0 Å². The normalized spacial score (nSPS) is 16.2. The van der Waals surface area contributed by atoms with Crippen LogP contribution in [0.1, 0.15) is 47.9 Å². The van der Waals surface area contributed by atoms with Crippen LogP contribution in [-0.4, -0.2) is 41.1 Å². The van der Waals surface area contributed by atoms with E-state index in [1.165, 1.54) is 60.7 Å². The van der Waals surface area contributed by atoms with E-state index in [0.29, 0.717) is 7.42 Å². The highest BCUT2D eigenvalue weighted by Gasteiger charge is 2.47. The summed E-state index contributed by atoms with van der Waals surface area (Å²) in [7, 11) is -18.7. The Hall–Kier alpha value is -4.24. The SMILES string of the molecule is Cc1ccc(S(=O)(=O)N(C2=CC3(C=C(N(S(=O)(=O)c4ccc(C)cc4)S(=O)(=O)c4ccc(C)cc4)CC3)CC2)S(=O)(=O)c2ccc(C)cc2)cc1. The zero-order chi connectivity index (χ0) is 37.0. The first kappa shape index (κ1) is 36.5. The van der Waals surface area contributed by atoms with E-state index in [1.54, 1.807) is 76.2 Å². The summed E-state index contributed by atoms with van der Waals surface area (Å²) in [5.41, 5.74) is 2.10. The van der Waals surface area contributed by atoms with Crippen LogP contribution >= 0.6 is 0 Å². The van der Waals surface area contributed by atoms with Crippen LogP contribution in [0.3, 0.4) is 0 Å². The summed E-state index contributed by atoms with van der Waals surface area (Å²) >= 11 is 0. The van der Waals surface area contributed by atoms with Crippen molar-refractivity contribution in [3.8, 4) is 0 Å². The Balaban J connectivity index is 1.50. The Morgan fingerprint density at radius 2 is 0.608 bits per heavy atom. The molecule has 0 N–H and O–H groups in total. The molecule has 0 bridgehead atoms. The Morgan fingerprint density at radius 3 is 0.824 bits per heavy atom. The van der Waals surface area contributed by atoms with Gasteiger partial charge >= 0.3 is 0 Å². The molecule has 4 aromatic carbocycles. The quantitative estimate of drug-likeness (QED) is 0.173. The van der Waals surface area contributed by atoms with Crippen molar-refractivity contribution in [3.63, 3.8) is 0 Å². The minimum absolute atomic E-state index is 0.00931. The third kappa shape index (κ3) is 6.77. The Bertz CT molecular complexity index is 2160. The Morgan fingerprint density at radius 1 is 0.392 bits per heavy atom. The van der Waals surface area contributed by atoms with Gasteiger partial charge in [-0.2, -0.15) is 7.42 Å². The fourth-order valence-corrected chi connectivity index (χ4v) is 14.0. The number of nitrogens with zero attached hydrogens (tertiary/aromatic N) is 2. The summed E-state index contributed by atoms with van der Waals surface area (Å²) in [5.74, 6) is 0. The van der Waals surface area contributed by atoms with Crippen LogP contribution in [0.15, 0.2) is 140 Å². The van der Waals surface area contributed by atoms with Gasteiger partial charge in [-0.15, -0.1) is 0 Å². The van der Waals surface area contributed by atoms with E-state index in [-0.39, 0.29) is 56.7 Å². The average molecular weight is 767 g/mol. The van der Waals surface area contributed by atoms with Crippen molar-refractivity contribution < 1.29 is 33.7 Å². The molecule has 0 saturated carbocycles. The fraction of sp³-hybridized carbons (Fsp3) is 0.243. The molecule has 6 rings (SSSR count). The smallest absolute Gasteiger partial charge is 0.200 e. The molecular weight excluding hydrogens is 729 g/mol. The first-order chi connectivity index (χ1) is 23.9. The lowest BCUT2D eigenvalue weighted by atomic mass is 9.87. The van der Waals surface area contributed by atoms with Gasteiger partial charge < -0.3 is 0 Å². The highest BCUT2D eigenvalue weighted by Crippen LogP contribution is 2.51. The van der Waals surface area contributed by atoms with Crippen molar-refractivity contribution in [1.29, 1.82) is 0 Å². The van der Waals surface area contributed by atoms with Crippen molar-refractivity contribution >= 4 is 40.1 Å². The molecule has 0 radical (unpaired) electrons. The molecule has 2 aliphatic carbocycles. The number of hydrogen-bond donors (Lipinski definition) is 0. The minimum atomic E-state index is -4.66. The van der Waals surface area contributed by atoms with E-state index in [9.17, 15) is 33.7 Å². The number of rotatable bonds is 10. The van der Waals surface area contributed by atoms with E-state index in [0.717, 1.165) is 22.3 Å². The average Bonchev–Trinajstić information content (AvgIpc) is 3.66. The molecule has 0 unspecified atom stereocenters. The van der Waals surface area contributed by atoms with Crippen molar-refractivity contribution in [2.45, 2.75) is 73.0 Å². The summed E-state index contributed by atoms with van der Waals surface area (Å²) in [4.78, 5) is -0.860. The zero-order valence-corrected chi connectivity index (χ0v) is 31.8.